The Morgan fingerprint density at radius 3 is 1.93 bits per heavy atom. The van der Waals surface area contributed by atoms with E-state index >= 15 is 0 Å². The summed E-state index contributed by atoms with van der Waals surface area (Å²) in [5.41, 5.74) is 6.44. The van der Waals surface area contributed by atoms with Crippen molar-refractivity contribution in [3.8, 4) is 0 Å². The Morgan fingerprint density at radius 2 is 1.47 bits per heavy atom. The number of carbonyl (C=O) groups is 2. The third-order valence-electron chi connectivity index (χ3n) is 5.26. The number of carbonyl (C=O) groups excluding carboxylic acids is 2. The zero-order valence-corrected chi connectivity index (χ0v) is 18.4. The topological polar surface area (TPSA) is 72.6 Å². The third-order valence-corrected chi connectivity index (χ3v) is 7.19. The Bertz CT molecular complexity index is 1150. The van der Waals surface area contributed by atoms with Crippen LogP contribution < -0.4 is 5.73 Å². The van der Waals surface area contributed by atoms with E-state index in [1.807, 2.05) is 73.1 Å². The van der Waals surface area contributed by atoms with Gasteiger partial charge in [0.1, 0.15) is 5.54 Å². The first-order valence-electron chi connectivity index (χ1n) is 9.70. The lowest BCUT2D eigenvalue weighted by molar-refractivity contribution is -0.193. The van der Waals surface area contributed by atoms with Gasteiger partial charge in [-0.3, -0.25) is 0 Å². The van der Waals surface area contributed by atoms with Crippen LogP contribution in [0, 0.1) is 0 Å². The Labute approximate surface area is 182 Å². The number of rotatable bonds is 5. The lowest BCUT2D eigenvalue weighted by Crippen LogP contribution is -2.51. The monoisotopic (exact) mass is 438 g/mol. The summed E-state index contributed by atoms with van der Waals surface area (Å²) in [7, 11) is 0. The van der Waals surface area contributed by atoms with Crippen molar-refractivity contribution in [2.24, 2.45) is 5.73 Å². The van der Waals surface area contributed by atoms with E-state index in [4.69, 9.17) is 10.6 Å². The highest BCUT2D eigenvalue weighted by Gasteiger charge is 2.44. The van der Waals surface area contributed by atoms with E-state index in [0.717, 1.165) is 36.4 Å². The van der Waals surface area contributed by atoms with Gasteiger partial charge in [-0.1, -0.05) is 43.3 Å². The fraction of sp³-hybridized carbons (Fsp3) is 0.217. The average Bonchev–Trinajstić information content (AvgIpc) is 3.36. The molecule has 2 aromatic heterocycles. The number of fused-ring (bicyclic) bond motifs is 2. The largest absolute Gasteiger partial charge is 0.349 e. The SMILES string of the molecule is CCCC(=O)ON(C(N)=O)C(C)(c1csc2ccccc12)c1csc2ccccc12. The second-order valence-corrected chi connectivity index (χ2v) is 9.03. The minimum Gasteiger partial charge on any atom is -0.349 e. The molecule has 0 radical (unpaired) electrons. The molecule has 0 spiro atoms. The van der Waals surface area contributed by atoms with Gasteiger partial charge in [-0.15, -0.1) is 27.7 Å². The number of thiophene rings is 2. The molecule has 4 rings (SSSR count). The predicted octanol–water partition coefficient (Wildman–Crippen LogP) is 6.02. The average molecular weight is 439 g/mol. The molecule has 30 heavy (non-hydrogen) atoms. The molecule has 0 unspecified atom stereocenters. The molecule has 0 saturated carbocycles. The molecule has 0 atom stereocenters. The van der Waals surface area contributed by atoms with Crippen molar-refractivity contribution < 1.29 is 14.4 Å². The van der Waals surface area contributed by atoms with Crippen LogP contribution in [-0.2, 0) is 15.2 Å². The minimum atomic E-state index is -1.09. The fourth-order valence-corrected chi connectivity index (χ4v) is 5.91. The number of primary amides is 1. The molecule has 0 aliphatic rings. The van der Waals surface area contributed by atoms with Crippen LogP contribution in [0.4, 0.5) is 4.79 Å². The fourth-order valence-electron chi connectivity index (χ4n) is 3.78. The highest BCUT2D eigenvalue weighted by molar-refractivity contribution is 7.17. The van der Waals surface area contributed by atoms with Crippen molar-refractivity contribution >= 4 is 54.8 Å². The van der Waals surface area contributed by atoms with E-state index in [-0.39, 0.29) is 6.42 Å². The first-order chi connectivity index (χ1) is 14.5. The van der Waals surface area contributed by atoms with Gasteiger partial charge in [0.15, 0.2) is 0 Å². The summed E-state index contributed by atoms with van der Waals surface area (Å²) in [6.07, 6.45) is 0.819. The second-order valence-electron chi connectivity index (χ2n) is 7.21. The van der Waals surface area contributed by atoms with Crippen LogP contribution in [0.15, 0.2) is 59.3 Å². The van der Waals surface area contributed by atoms with Gasteiger partial charge in [-0.25, -0.2) is 9.59 Å². The van der Waals surface area contributed by atoms with Crippen molar-refractivity contribution in [3.63, 3.8) is 0 Å². The summed E-state index contributed by atoms with van der Waals surface area (Å²) in [4.78, 5) is 30.6. The van der Waals surface area contributed by atoms with Gasteiger partial charge < -0.3 is 10.6 Å². The lowest BCUT2D eigenvalue weighted by Gasteiger charge is -2.38. The maximum Gasteiger partial charge on any atom is 0.349 e. The molecular formula is C23H22N2O3S2. The van der Waals surface area contributed by atoms with Crippen LogP contribution in [0.3, 0.4) is 0 Å². The van der Waals surface area contributed by atoms with Gasteiger partial charge in [0.25, 0.3) is 0 Å². The number of amides is 2. The molecule has 2 N–H and O–H groups in total. The summed E-state index contributed by atoms with van der Waals surface area (Å²) in [6, 6.07) is 15.2. The Morgan fingerprint density at radius 1 is 0.967 bits per heavy atom. The van der Waals surface area contributed by atoms with Crippen LogP contribution >= 0.6 is 22.7 Å². The van der Waals surface area contributed by atoms with Crippen molar-refractivity contribution in [2.45, 2.75) is 32.2 Å². The zero-order chi connectivity index (χ0) is 21.3. The highest BCUT2D eigenvalue weighted by Crippen LogP contribution is 2.46. The number of hydrogen-bond donors (Lipinski definition) is 1. The maximum atomic E-state index is 12.6. The molecule has 2 heterocycles. The zero-order valence-electron chi connectivity index (χ0n) is 16.8. The van der Waals surface area contributed by atoms with Crippen LogP contribution in [0.1, 0.15) is 37.8 Å². The number of hydrogen-bond acceptors (Lipinski definition) is 5. The van der Waals surface area contributed by atoms with Gasteiger partial charge >= 0.3 is 12.0 Å². The van der Waals surface area contributed by atoms with E-state index < -0.39 is 17.5 Å². The normalized spacial score (nSPS) is 11.7. The van der Waals surface area contributed by atoms with Crippen molar-refractivity contribution in [1.82, 2.24) is 5.06 Å². The molecule has 4 aromatic rings. The molecular weight excluding hydrogens is 416 g/mol. The lowest BCUT2D eigenvalue weighted by atomic mass is 9.84. The molecule has 0 fully saturated rings. The Kier molecular flexibility index (Phi) is 5.49. The maximum absolute atomic E-state index is 12.6. The van der Waals surface area contributed by atoms with Gasteiger partial charge in [-0.05, 0) is 47.0 Å². The summed E-state index contributed by atoms with van der Waals surface area (Å²) >= 11 is 3.17. The smallest absolute Gasteiger partial charge is 0.349 e. The van der Waals surface area contributed by atoms with Crippen LogP contribution in [0.5, 0.6) is 0 Å². The van der Waals surface area contributed by atoms with Gasteiger partial charge in [0.05, 0.1) is 0 Å². The highest BCUT2D eigenvalue weighted by atomic mass is 32.1. The van der Waals surface area contributed by atoms with Crippen LogP contribution in [-0.4, -0.2) is 17.1 Å². The van der Waals surface area contributed by atoms with Gasteiger partial charge in [0.2, 0.25) is 0 Å². The number of hydroxylamine groups is 2. The standard InChI is InChI=1S/C23H22N2O3S2/c1-3-8-21(26)28-25(22(24)27)23(2,17-13-29-19-11-6-4-9-15(17)19)18-14-30-20-12-7-5-10-16(18)20/h4-7,9-14H,3,8H2,1-2H3,(H2,24,27). The molecule has 0 saturated heterocycles. The Hall–Kier alpha value is -2.90. The summed E-state index contributed by atoms with van der Waals surface area (Å²) in [5.74, 6) is -0.485. The van der Waals surface area contributed by atoms with E-state index in [0.29, 0.717) is 6.42 Å². The molecule has 5 nitrogen and oxygen atoms in total. The van der Waals surface area contributed by atoms with E-state index in [9.17, 15) is 9.59 Å². The number of benzene rings is 2. The first kappa shape index (κ1) is 20.4. The quantitative estimate of drug-likeness (QED) is 0.387. The van der Waals surface area contributed by atoms with Crippen molar-refractivity contribution in [3.05, 3.63) is 70.4 Å². The summed E-state index contributed by atoms with van der Waals surface area (Å²) < 4.78 is 2.17. The third kappa shape index (κ3) is 3.34. The molecule has 154 valence electrons. The van der Waals surface area contributed by atoms with E-state index in [1.165, 1.54) is 0 Å². The number of nitrogens with zero attached hydrogens (tertiary/aromatic N) is 1. The number of urea groups is 1. The van der Waals surface area contributed by atoms with E-state index in [1.54, 1.807) is 22.7 Å². The summed E-state index contributed by atoms with van der Waals surface area (Å²) in [5, 5.41) is 7.08. The van der Waals surface area contributed by atoms with Crippen LogP contribution in [0.2, 0.25) is 0 Å². The molecule has 7 heteroatoms. The molecule has 2 amide bonds. The Balaban J connectivity index is 1.99. The number of nitrogens with two attached hydrogens (primary N) is 1. The van der Waals surface area contributed by atoms with E-state index in [2.05, 4.69) is 0 Å². The van der Waals surface area contributed by atoms with Gasteiger partial charge in [0, 0.05) is 26.9 Å². The molecule has 0 aliphatic carbocycles. The molecule has 0 bridgehead atoms. The van der Waals surface area contributed by atoms with Crippen LogP contribution in [0.25, 0.3) is 20.2 Å². The first-order valence-corrected chi connectivity index (χ1v) is 11.5. The minimum absolute atomic E-state index is 0.203. The predicted molar refractivity (Wildman–Crippen MR) is 123 cm³/mol. The molecule has 2 aromatic carbocycles. The molecule has 0 aliphatic heterocycles. The van der Waals surface area contributed by atoms with Crippen molar-refractivity contribution in [2.75, 3.05) is 0 Å². The van der Waals surface area contributed by atoms with Gasteiger partial charge in [-0.2, -0.15) is 0 Å². The van der Waals surface area contributed by atoms with Crippen molar-refractivity contribution in [1.29, 1.82) is 0 Å². The second kappa shape index (κ2) is 8.08. The summed E-state index contributed by atoms with van der Waals surface area (Å²) in [6.45, 7) is 3.77.